The van der Waals surface area contributed by atoms with E-state index in [9.17, 15) is 18.0 Å². The molecule has 0 amide bonds. The van der Waals surface area contributed by atoms with E-state index in [1.807, 2.05) is 45.0 Å². The zero-order chi connectivity index (χ0) is 25.3. The summed E-state index contributed by atoms with van der Waals surface area (Å²) in [6, 6.07) is 12.3. The van der Waals surface area contributed by atoms with Crippen molar-refractivity contribution in [3.05, 3.63) is 87.2 Å². The number of hydrazine groups is 1. The summed E-state index contributed by atoms with van der Waals surface area (Å²) in [5.41, 5.74) is 5.34. The molecule has 0 saturated heterocycles. The number of aromatic amines is 1. The number of hydrogen-bond donors (Lipinski definition) is 3. The number of H-pyrrole nitrogens is 1. The van der Waals surface area contributed by atoms with E-state index in [0.717, 1.165) is 22.9 Å². The van der Waals surface area contributed by atoms with Crippen LogP contribution in [0.15, 0.2) is 64.8 Å². The van der Waals surface area contributed by atoms with Crippen LogP contribution >= 0.6 is 0 Å². The van der Waals surface area contributed by atoms with E-state index in [0.29, 0.717) is 22.7 Å². The van der Waals surface area contributed by atoms with Gasteiger partial charge in [0.1, 0.15) is 5.75 Å². The highest BCUT2D eigenvalue weighted by Crippen LogP contribution is 2.41. The third-order valence-electron chi connectivity index (χ3n) is 5.12. The molecule has 1 aromatic heterocycles. The van der Waals surface area contributed by atoms with Gasteiger partial charge in [-0.3, -0.25) is 14.3 Å². The molecule has 0 aliphatic carbocycles. The highest BCUT2D eigenvalue weighted by Gasteiger charge is 2.24. The van der Waals surface area contributed by atoms with Crippen molar-refractivity contribution in [1.29, 1.82) is 0 Å². The summed E-state index contributed by atoms with van der Waals surface area (Å²) in [5, 5.41) is 0. The normalized spacial score (nSPS) is 11.8. The van der Waals surface area contributed by atoms with Gasteiger partial charge in [0.05, 0.1) is 19.1 Å². The van der Waals surface area contributed by atoms with Crippen LogP contribution in [-0.2, 0) is 15.4 Å². The molecule has 34 heavy (non-hydrogen) atoms. The highest BCUT2D eigenvalue weighted by atomic mass is 32.2. The predicted molar refractivity (Wildman–Crippen MR) is 133 cm³/mol. The van der Waals surface area contributed by atoms with Gasteiger partial charge < -0.3 is 10.2 Å². The lowest BCUT2D eigenvalue weighted by Crippen LogP contribution is -2.34. The molecular formula is C24H28N4O5S. The van der Waals surface area contributed by atoms with Crippen molar-refractivity contribution in [3.8, 4) is 22.6 Å². The minimum absolute atomic E-state index is 0.308. The first-order valence-electron chi connectivity index (χ1n) is 10.4. The Morgan fingerprint density at radius 2 is 1.74 bits per heavy atom. The summed E-state index contributed by atoms with van der Waals surface area (Å²) in [7, 11) is -1.84. The van der Waals surface area contributed by atoms with Crippen molar-refractivity contribution in [1.82, 2.24) is 19.8 Å². The van der Waals surface area contributed by atoms with Crippen LogP contribution in [-0.4, -0.2) is 31.3 Å². The van der Waals surface area contributed by atoms with Crippen molar-refractivity contribution in [2.24, 2.45) is 0 Å². The molecule has 1 heterocycles. The Morgan fingerprint density at radius 3 is 2.26 bits per heavy atom. The van der Waals surface area contributed by atoms with Crippen molar-refractivity contribution in [2.45, 2.75) is 26.2 Å². The summed E-state index contributed by atoms with van der Waals surface area (Å²) >= 11 is 0. The van der Waals surface area contributed by atoms with Gasteiger partial charge in [0.25, 0.3) is 5.56 Å². The number of sulfonamides is 1. The number of ether oxygens (including phenoxy) is 1. The molecule has 0 saturated carbocycles. The van der Waals surface area contributed by atoms with Crippen LogP contribution in [0.4, 0.5) is 0 Å². The monoisotopic (exact) mass is 484 g/mol. The Morgan fingerprint density at radius 1 is 1.09 bits per heavy atom. The zero-order valence-electron chi connectivity index (χ0n) is 19.7. The van der Waals surface area contributed by atoms with E-state index in [-0.39, 0.29) is 5.41 Å². The number of hydrogen-bond acceptors (Lipinski definition) is 6. The van der Waals surface area contributed by atoms with E-state index < -0.39 is 21.3 Å². The maximum absolute atomic E-state index is 12.5. The fourth-order valence-electron chi connectivity index (χ4n) is 3.44. The lowest BCUT2D eigenvalue weighted by molar-refractivity contribution is 0.399. The number of aromatic nitrogens is 2. The fraction of sp³-hybridized carbons (Fsp3) is 0.250. The molecule has 3 aromatic rings. The summed E-state index contributed by atoms with van der Waals surface area (Å²) in [6.45, 7) is 9.98. The first-order valence-corrected chi connectivity index (χ1v) is 12.3. The SMILES string of the molecule is C=C(NNS(C)(=O)=O)c1ccc(-c2cc(-n3ccc(=O)[nH]c3=O)cc(C(C)(C)C)c2OC)cc1. The maximum Gasteiger partial charge on any atom is 0.332 e. The number of methoxy groups -OCH3 is 1. The lowest BCUT2D eigenvalue weighted by atomic mass is 9.83. The van der Waals surface area contributed by atoms with Gasteiger partial charge in [0.2, 0.25) is 10.0 Å². The van der Waals surface area contributed by atoms with Crippen LogP contribution in [0.25, 0.3) is 22.5 Å². The van der Waals surface area contributed by atoms with Gasteiger partial charge in [-0.25, -0.2) is 13.2 Å². The number of nitrogens with one attached hydrogen (secondary N) is 3. The maximum atomic E-state index is 12.5. The molecular weight excluding hydrogens is 456 g/mol. The fourth-order valence-corrected chi connectivity index (χ4v) is 3.75. The predicted octanol–water partition coefficient (Wildman–Crippen LogP) is 2.52. The van der Waals surface area contributed by atoms with Gasteiger partial charge in [-0.05, 0) is 28.7 Å². The molecule has 0 unspecified atom stereocenters. The van der Waals surface area contributed by atoms with Crippen molar-refractivity contribution in [3.63, 3.8) is 0 Å². The molecule has 3 N–H and O–H groups in total. The first kappa shape index (κ1) is 25.0. The lowest BCUT2D eigenvalue weighted by Gasteiger charge is -2.25. The minimum Gasteiger partial charge on any atom is -0.496 e. The van der Waals surface area contributed by atoms with Crippen LogP contribution in [0.2, 0.25) is 0 Å². The topological polar surface area (TPSA) is 122 Å². The Bertz CT molecular complexity index is 1450. The second-order valence-electron chi connectivity index (χ2n) is 8.86. The Labute approximate surface area is 198 Å². The second kappa shape index (κ2) is 9.32. The molecule has 0 spiro atoms. The molecule has 0 fully saturated rings. The minimum atomic E-state index is -3.43. The summed E-state index contributed by atoms with van der Waals surface area (Å²) < 4.78 is 29.8. The Balaban J connectivity index is 2.14. The second-order valence-corrected chi connectivity index (χ2v) is 10.6. The van der Waals surface area contributed by atoms with Crippen LogP contribution in [0.5, 0.6) is 5.75 Å². The molecule has 2 aromatic carbocycles. The van der Waals surface area contributed by atoms with Crippen LogP contribution in [0, 0.1) is 0 Å². The van der Waals surface area contributed by atoms with E-state index in [4.69, 9.17) is 4.74 Å². The largest absolute Gasteiger partial charge is 0.496 e. The number of benzene rings is 2. The molecule has 3 rings (SSSR count). The average molecular weight is 485 g/mol. The average Bonchev–Trinajstić information content (AvgIpc) is 2.75. The van der Waals surface area contributed by atoms with Gasteiger partial charge in [0, 0.05) is 29.1 Å². The van der Waals surface area contributed by atoms with Crippen LogP contribution in [0.1, 0.15) is 31.9 Å². The van der Waals surface area contributed by atoms with E-state index in [2.05, 4.69) is 21.8 Å². The Kier molecular flexibility index (Phi) is 6.85. The van der Waals surface area contributed by atoms with Crippen molar-refractivity contribution >= 4 is 15.7 Å². The van der Waals surface area contributed by atoms with Crippen LogP contribution < -0.4 is 26.2 Å². The van der Waals surface area contributed by atoms with Gasteiger partial charge >= 0.3 is 5.69 Å². The molecule has 0 aliphatic heterocycles. The van der Waals surface area contributed by atoms with Crippen molar-refractivity contribution < 1.29 is 13.2 Å². The molecule has 0 radical (unpaired) electrons. The number of nitrogens with zero attached hydrogens (tertiary/aromatic N) is 1. The molecule has 0 atom stereocenters. The smallest absolute Gasteiger partial charge is 0.332 e. The summed E-state index contributed by atoms with van der Waals surface area (Å²) in [5.74, 6) is 0.664. The first-order chi connectivity index (χ1) is 15.8. The summed E-state index contributed by atoms with van der Waals surface area (Å²) in [6.07, 6.45) is 2.48. The molecule has 10 heteroatoms. The van der Waals surface area contributed by atoms with E-state index in [1.165, 1.54) is 16.8 Å². The molecule has 0 bridgehead atoms. The van der Waals surface area contributed by atoms with Crippen LogP contribution in [0.3, 0.4) is 0 Å². The highest BCUT2D eigenvalue weighted by molar-refractivity contribution is 7.88. The van der Waals surface area contributed by atoms with E-state index in [1.54, 1.807) is 19.2 Å². The Hall–Kier alpha value is -3.63. The van der Waals surface area contributed by atoms with Gasteiger partial charge in [0.15, 0.2) is 0 Å². The third kappa shape index (κ3) is 5.64. The third-order valence-corrected chi connectivity index (χ3v) is 5.59. The molecule has 0 aliphatic rings. The zero-order valence-corrected chi connectivity index (χ0v) is 20.5. The van der Waals surface area contributed by atoms with Gasteiger partial charge in [-0.15, -0.1) is 4.83 Å². The number of rotatable bonds is 7. The standard InChI is InChI=1S/C24H28N4O5S/c1-15(26-27-34(6,31)32)16-7-9-17(10-8-16)19-13-18(28-12-11-21(29)25-23(28)30)14-20(22(19)33-5)24(2,3)4/h7-14,26-27H,1H2,2-6H3,(H,25,29,30). The summed E-state index contributed by atoms with van der Waals surface area (Å²) in [4.78, 5) is 28.5. The molecule has 9 nitrogen and oxygen atoms in total. The van der Waals surface area contributed by atoms with Gasteiger partial charge in [-0.1, -0.05) is 51.6 Å². The van der Waals surface area contributed by atoms with Crippen molar-refractivity contribution in [2.75, 3.05) is 13.4 Å². The molecule has 180 valence electrons. The van der Waals surface area contributed by atoms with Gasteiger partial charge in [-0.2, -0.15) is 0 Å². The quantitative estimate of drug-likeness (QED) is 0.443. The van der Waals surface area contributed by atoms with E-state index >= 15 is 0 Å².